The van der Waals surface area contributed by atoms with E-state index in [2.05, 4.69) is 20.9 Å². The normalized spacial score (nSPS) is 13.5. The van der Waals surface area contributed by atoms with Gasteiger partial charge in [-0.15, -0.1) is 0 Å². The molecule has 10 nitrogen and oxygen atoms in total. The number of unbranched alkanes of at least 4 members (excludes halogenated alkanes) is 6. The van der Waals surface area contributed by atoms with Crippen molar-refractivity contribution in [3.05, 3.63) is 0 Å². The second-order valence-electron chi connectivity index (χ2n) is 8.90. The number of aliphatic hydroxyl groups is 1. The van der Waals surface area contributed by atoms with Gasteiger partial charge in [0.2, 0.25) is 11.8 Å². The molecule has 0 radical (unpaired) electrons. The summed E-state index contributed by atoms with van der Waals surface area (Å²) >= 11 is 0. The number of guanidine groups is 1. The van der Waals surface area contributed by atoms with Gasteiger partial charge in [0.05, 0.1) is 5.94 Å². The summed E-state index contributed by atoms with van der Waals surface area (Å²) in [5.41, 5.74) is 5.61. The molecule has 0 aliphatic rings. The SMILES string of the molecule is CN=C(N)NCCC[C@H](NC(=O)CCCCCCCCCO)C(=O)N[C@@H](CC(C)C)B(O)O. The zero-order valence-corrected chi connectivity index (χ0v) is 20.7. The molecule has 33 heavy (non-hydrogen) atoms. The van der Waals surface area contributed by atoms with Crippen molar-refractivity contribution in [2.45, 2.75) is 96.5 Å². The number of carbonyl (C=O) groups excluding carboxylic acids is 2. The summed E-state index contributed by atoms with van der Waals surface area (Å²) in [6, 6.07) is -0.772. The predicted octanol–water partition coefficient (Wildman–Crippen LogP) is 0.442. The maximum Gasteiger partial charge on any atom is 0.475 e. The van der Waals surface area contributed by atoms with Crippen LogP contribution in [0.5, 0.6) is 0 Å². The van der Waals surface area contributed by atoms with Gasteiger partial charge in [-0.25, -0.2) is 0 Å². The van der Waals surface area contributed by atoms with Crippen molar-refractivity contribution in [2.75, 3.05) is 20.2 Å². The third kappa shape index (κ3) is 17.3. The van der Waals surface area contributed by atoms with E-state index in [-0.39, 0.29) is 18.4 Å². The van der Waals surface area contributed by atoms with Crippen LogP contribution in [0.1, 0.15) is 84.5 Å². The second-order valence-corrected chi connectivity index (χ2v) is 8.90. The molecular formula is C22H46BN5O5. The van der Waals surface area contributed by atoms with E-state index >= 15 is 0 Å². The molecule has 0 heterocycles. The molecule has 0 aromatic rings. The Labute approximate surface area is 199 Å². The third-order valence-electron chi connectivity index (χ3n) is 5.34. The minimum absolute atomic E-state index is 0.161. The van der Waals surface area contributed by atoms with E-state index in [1.54, 1.807) is 7.05 Å². The summed E-state index contributed by atoms with van der Waals surface area (Å²) in [6.07, 6.45) is 8.46. The first-order valence-corrected chi connectivity index (χ1v) is 12.2. The second kappa shape index (κ2) is 19.6. The van der Waals surface area contributed by atoms with Gasteiger partial charge in [0.15, 0.2) is 5.96 Å². The van der Waals surface area contributed by atoms with Crippen molar-refractivity contribution in [2.24, 2.45) is 16.6 Å². The Morgan fingerprint density at radius 3 is 2.12 bits per heavy atom. The summed E-state index contributed by atoms with van der Waals surface area (Å²) in [4.78, 5) is 29.1. The van der Waals surface area contributed by atoms with Gasteiger partial charge in [-0.05, 0) is 38.0 Å². The molecule has 0 aromatic heterocycles. The van der Waals surface area contributed by atoms with Gasteiger partial charge in [-0.2, -0.15) is 0 Å². The van der Waals surface area contributed by atoms with Gasteiger partial charge < -0.3 is 36.8 Å². The highest BCUT2D eigenvalue weighted by Gasteiger charge is 2.29. The number of amides is 2. The Bertz CT molecular complexity index is 563. The smallest absolute Gasteiger partial charge is 0.426 e. The van der Waals surface area contributed by atoms with E-state index in [9.17, 15) is 19.6 Å². The molecule has 0 spiro atoms. The number of nitrogens with zero attached hydrogens (tertiary/aromatic N) is 1. The van der Waals surface area contributed by atoms with E-state index in [0.29, 0.717) is 38.2 Å². The summed E-state index contributed by atoms with van der Waals surface area (Å²) in [6.45, 7) is 4.59. The lowest BCUT2D eigenvalue weighted by molar-refractivity contribution is -0.129. The van der Waals surface area contributed by atoms with Crippen LogP contribution in [-0.4, -0.2) is 72.2 Å². The molecule has 0 saturated heterocycles. The number of carbonyl (C=O) groups is 2. The van der Waals surface area contributed by atoms with Gasteiger partial charge in [-0.3, -0.25) is 14.6 Å². The fourth-order valence-corrected chi connectivity index (χ4v) is 3.46. The molecule has 0 fully saturated rings. The number of aliphatic imine (C=N–C) groups is 1. The van der Waals surface area contributed by atoms with Crippen molar-refractivity contribution < 1.29 is 24.7 Å². The lowest BCUT2D eigenvalue weighted by atomic mass is 9.75. The summed E-state index contributed by atoms with van der Waals surface area (Å²) < 4.78 is 0. The highest BCUT2D eigenvalue weighted by Crippen LogP contribution is 2.10. The molecule has 0 bridgehead atoms. The number of hydrogen-bond acceptors (Lipinski definition) is 6. The van der Waals surface area contributed by atoms with Crippen LogP contribution in [-0.2, 0) is 9.59 Å². The molecule has 0 saturated carbocycles. The summed E-state index contributed by atoms with van der Waals surface area (Å²) in [7, 11) is -0.101. The largest absolute Gasteiger partial charge is 0.475 e. The van der Waals surface area contributed by atoms with Gasteiger partial charge in [-0.1, -0.05) is 46.0 Å². The Balaban J connectivity index is 4.67. The minimum Gasteiger partial charge on any atom is -0.426 e. The Morgan fingerprint density at radius 2 is 1.58 bits per heavy atom. The average Bonchev–Trinajstić information content (AvgIpc) is 2.76. The van der Waals surface area contributed by atoms with Crippen LogP contribution in [0.25, 0.3) is 0 Å². The van der Waals surface area contributed by atoms with Crippen molar-refractivity contribution in [1.82, 2.24) is 16.0 Å². The van der Waals surface area contributed by atoms with Crippen LogP contribution in [0.4, 0.5) is 0 Å². The molecule has 0 rings (SSSR count). The number of hydrogen-bond donors (Lipinski definition) is 7. The summed E-state index contributed by atoms with van der Waals surface area (Å²) in [5.74, 6) is -0.957. The average molecular weight is 471 g/mol. The van der Waals surface area contributed by atoms with Crippen LogP contribution in [0.15, 0.2) is 4.99 Å². The first-order chi connectivity index (χ1) is 15.7. The van der Waals surface area contributed by atoms with Gasteiger partial charge >= 0.3 is 7.12 Å². The topological polar surface area (TPSA) is 169 Å². The summed E-state index contributed by atoms with van der Waals surface area (Å²) in [5, 5.41) is 36.4. The molecule has 0 aromatic carbocycles. The van der Waals surface area contributed by atoms with Crippen LogP contribution in [0.3, 0.4) is 0 Å². The quantitative estimate of drug-likeness (QED) is 0.0620. The van der Waals surface area contributed by atoms with Crippen LogP contribution < -0.4 is 21.7 Å². The number of rotatable bonds is 19. The Hall–Kier alpha value is -1.85. The van der Waals surface area contributed by atoms with E-state index in [0.717, 1.165) is 44.9 Å². The molecule has 0 aliphatic heterocycles. The van der Waals surface area contributed by atoms with E-state index in [1.807, 2.05) is 13.8 Å². The lowest BCUT2D eigenvalue weighted by Crippen LogP contribution is -2.54. The fourth-order valence-electron chi connectivity index (χ4n) is 3.46. The standard InChI is InChI=1S/C22H46BN5O5/c1-17(2)16-19(23(32)33)28-21(31)18(12-11-14-26-22(24)25-3)27-20(30)13-9-7-5-4-6-8-10-15-29/h17-19,29,32-33H,4-16H2,1-3H3,(H,27,30)(H,28,31)(H3,24,25,26)/t18-,19-/m0/s1. The van der Waals surface area contributed by atoms with Crippen molar-refractivity contribution >= 4 is 24.9 Å². The molecule has 11 heteroatoms. The first-order valence-electron chi connectivity index (χ1n) is 12.2. The van der Waals surface area contributed by atoms with Crippen LogP contribution >= 0.6 is 0 Å². The van der Waals surface area contributed by atoms with Crippen LogP contribution in [0.2, 0.25) is 0 Å². The van der Waals surface area contributed by atoms with Crippen molar-refractivity contribution in [3.8, 4) is 0 Å². The minimum atomic E-state index is -1.67. The highest BCUT2D eigenvalue weighted by atomic mass is 16.4. The first kappa shape index (κ1) is 31.2. The Kier molecular flexibility index (Phi) is 18.5. The van der Waals surface area contributed by atoms with E-state index in [1.165, 1.54) is 0 Å². The number of nitrogens with two attached hydrogens (primary N) is 1. The van der Waals surface area contributed by atoms with Gasteiger partial charge in [0.25, 0.3) is 0 Å². The fraction of sp³-hybridized carbons (Fsp3) is 0.864. The zero-order valence-electron chi connectivity index (χ0n) is 20.7. The van der Waals surface area contributed by atoms with Gasteiger partial charge in [0, 0.05) is 26.6 Å². The lowest BCUT2D eigenvalue weighted by Gasteiger charge is -2.24. The number of nitrogens with one attached hydrogen (secondary N) is 3. The van der Waals surface area contributed by atoms with E-state index < -0.39 is 25.0 Å². The number of aliphatic hydroxyl groups excluding tert-OH is 1. The molecule has 2 amide bonds. The maximum atomic E-state index is 12.8. The van der Waals surface area contributed by atoms with Gasteiger partial charge in [0.1, 0.15) is 6.04 Å². The molecule has 2 atom stereocenters. The molecule has 0 aliphatic carbocycles. The van der Waals surface area contributed by atoms with Crippen molar-refractivity contribution in [3.63, 3.8) is 0 Å². The van der Waals surface area contributed by atoms with E-state index in [4.69, 9.17) is 10.8 Å². The van der Waals surface area contributed by atoms with Crippen molar-refractivity contribution in [1.29, 1.82) is 0 Å². The third-order valence-corrected chi connectivity index (χ3v) is 5.34. The highest BCUT2D eigenvalue weighted by molar-refractivity contribution is 6.43. The monoisotopic (exact) mass is 471 g/mol. The molecular weight excluding hydrogens is 425 g/mol. The molecule has 8 N–H and O–H groups in total. The maximum absolute atomic E-state index is 12.8. The Morgan fingerprint density at radius 1 is 0.970 bits per heavy atom. The predicted molar refractivity (Wildman–Crippen MR) is 132 cm³/mol. The molecule has 0 unspecified atom stereocenters. The molecule has 192 valence electrons. The van der Waals surface area contributed by atoms with Crippen LogP contribution in [0, 0.1) is 5.92 Å². The zero-order chi connectivity index (χ0) is 25.1.